The molecule has 0 aliphatic heterocycles. The Balaban J connectivity index is 2.06. The molecule has 2 amide bonds. The number of carbonyl (C=O) groups excluding carboxylic acids is 2. The summed E-state index contributed by atoms with van der Waals surface area (Å²) >= 11 is 5.11. The van der Waals surface area contributed by atoms with Crippen LogP contribution in [0.4, 0.5) is 11.4 Å². The van der Waals surface area contributed by atoms with Gasteiger partial charge in [-0.1, -0.05) is 25.1 Å². The van der Waals surface area contributed by atoms with Crippen molar-refractivity contribution in [2.45, 2.75) is 26.3 Å². The number of hydrogen-bond acceptors (Lipinski definition) is 5. The van der Waals surface area contributed by atoms with Crippen molar-refractivity contribution in [3.05, 3.63) is 69.8 Å². The number of nitro groups is 1. The van der Waals surface area contributed by atoms with E-state index in [2.05, 4.69) is 16.0 Å². The zero-order valence-electron chi connectivity index (χ0n) is 15.4. The molecule has 0 spiro atoms. The van der Waals surface area contributed by atoms with Gasteiger partial charge < -0.3 is 10.6 Å². The Labute approximate surface area is 167 Å². The average molecular weight is 400 g/mol. The van der Waals surface area contributed by atoms with Gasteiger partial charge in [0.1, 0.15) is 5.56 Å². The fraction of sp³-hybridized carbons (Fsp3) is 0.211. The maximum atomic E-state index is 12.3. The SMILES string of the molecule is CCC(C)NC(=O)c1cccc(NC(=S)NC(=O)c2ccccc2[N+](=O)[O-])c1. The number of amides is 2. The molecule has 9 heteroatoms. The normalized spacial score (nSPS) is 11.2. The molecule has 28 heavy (non-hydrogen) atoms. The smallest absolute Gasteiger partial charge is 0.282 e. The van der Waals surface area contributed by atoms with E-state index < -0.39 is 10.8 Å². The summed E-state index contributed by atoms with van der Waals surface area (Å²) in [5.41, 5.74) is 0.535. The van der Waals surface area contributed by atoms with Crippen molar-refractivity contribution in [1.82, 2.24) is 10.6 Å². The molecule has 0 aromatic heterocycles. The highest BCUT2D eigenvalue weighted by Gasteiger charge is 2.20. The number of carbonyl (C=O) groups is 2. The molecule has 8 nitrogen and oxygen atoms in total. The average Bonchev–Trinajstić information content (AvgIpc) is 2.67. The number of nitrogens with zero attached hydrogens (tertiary/aromatic N) is 1. The van der Waals surface area contributed by atoms with Crippen LogP contribution in [0.1, 0.15) is 41.0 Å². The predicted molar refractivity (Wildman–Crippen MR) is 110 cm³/mol. The zero-order chi connectivity index (χ0) is 20.7. The molecule has 2 rings (SSSR count). The fourth-order valence-corrected chi connectivity index (χ4v) is 2.52. The van der Waals surface area contributed by atoms with Gasteiger partial charge in [0.05, 0.1) is 4.92 Å². The summed E-state index contributed by atoms with van der Waals surface area (Å²) in [6.45, 7) is 3.88. The molecule has 1 atom stereocenters. The molecule has 0 saturated carbocycles. The maximum Gasteiger partial charge on any atom is 0.282 e. The van der Waals surface area contributed by atoms with E-state index in [-0.39, 0.29) is 28.3 Å². The van der Waals surface area contributed by atoms with Gasteiger partial charge in [-0.3, -0.25) is 25.0 Å². The van der Waals surface area contributed by atoms with Gasteiger partial charge in [-0.2, -0.15) is 0 Å². The lowest BCUT2D eigenvalue weighted by atomic mass is 10.1. The lowest BCUT2D eigenvalue weighted by molar-refractivity contribution is -0.385. The molecule has 2 aromatic rings. The van der Waals surface area contributed by atoms with Crippen LogP contribution in [0, 0.1) is 10.1 Å². The molecule has 0 bridgehead atoms. The molecular formula is C19H20N4O4S. The molecular weight excluding hydrogens is 380 g/mol. The van der Waals surface area contributed by atoms with Crippen LogP contribution in [-0.2, 0) is 0 Å². The van der Waals surface area contributed by atoms with Crippen LogP contribution in [0.25, 0.3) is 0 Å². The molecule has 146 valence electrons. The number of rotatable bonds is 6. The van der Waals surface area contributed by atoms with Crippen LogP contribution in [0.5, 0.6) is 0 Å². The summed E-state index contributed by atoms with van der Waals surface area (Å²) in [4.78, 5) is 34.9. The molecule has 3 N–H and O–H groups in total. The van der Waals surface area contributed by atoms with Crippen LogP contribution in [-0.4, -0.2) is 27.9 Å². The summed E-state index contributed by atoms with van der Waals surface area (Å²) in [6, 6.07) is 12.3. The first-order valence-electron chi connectivity index (χ1n) is 8.58. The van der Waals surface area contributed by atoms with Crippen molar-refractivity contribution < 1.29 is 14.5 Å². The first kappa shape index (κ1) is 21.0. The molecule has 0 fully saturated rings. The Bertz CT molecular complexity index is 916. The lowest BCUT2D eigenvalue weighted by Gasteiger charge is -2.13. The third-order valence-corrected chi connectivity index (χ3v) is 4.15. The molecule has 0 aliphatic rings. The number of benzene rings is 2. The van der Waals surface area contributed by atoms with Gasteiger partial charge in [0.15, 0.2) is 5.11 Å². The van der Waals surface area contributed by atoms with E-state index in [4.69, 9.17) is 12.2 Å². The second-order valence-corrected chi connectivity index (χ2v) is 6.45. The quantitative estimate of drug-likeness (QED) is 0.390. The Morgan fingerprint density at radius 3 is 2.54 bits per heavy atom. The third kappa shape index (κ3) is 5.58. The standard InChI is InChI=1S/C19H20N4O4S/c1-3-12(2)20-17(24)13-7-6-8-14(11-13)21-19(28)22-18(25)15-9-4-5-10-16(15)23(26)27/h4-12H,3H2,1-2H3,(H,20,24)(H2,21,22,25,28). The summed E-state index contributed by atoms with van der Waals surface area (Å²) in [7, 11) is 0. The number of nitrogens with one attached hydrogen (secondary N) is 3. The summed E-state index contributed by atoms with van der Waals surface area (Å²) in [6.07, 6.45) is 0.811. The van der Waals surface area contributed by atoms with Gasteiger partial charge >= 0.3 is 0 Å². The molecule has 0 radical (unpaired) electrons. The van der Waals surface area contributed by atoms with Gasteiger partial charge in [-0.15, -0.1) is 0 Å². The Morgan fingerprint density at radius 2 is 1.86 bits per heavy atom. The topological polar surface area (TPSA) is 113 Å². The summed E-state index contributed by atoms with van der Waals surface area (Å²) < 4.78 is 0. The van der Waals surface area contributed by atoms with Crippen LogP contribution < -0.4 is 16.0 Å². The monoisotopic (exact) mass is 400 g/mol. The highest BCUT2D eigenvalue weighted by Crippen LogP contribution is 2.17. The fourth-order valence-electron chi connectivity index (χ4n) is 2.31. The molecule has 0 aliphatic carbocycles. The van der Waals surface area contributed by atoms with Crippen LogP contribution in [0.2, 0.25) is 0 Å². The highest BCUT2D eigenvalue weighted by molar-refractivity contribution is 7.80. The van der Waals surface area contributed by atoms with E-state index in [1.54, 1.807) is 24.3 Å². The van der Waals surface area contributed by atoms with Gasteiger partial charge in [-0.05, 0) is 49.8 Å². The molecule has 0 saturated heterocycles. The Kier molecular flexibility index (Phi) is 7.16. The van der Waals surface area contributed by atoms with Crippen LogP contribution in [0.3, 0.4) is 0 Å². The number of para-hydroxylation sites is 1. The van der Waals surface area contributed by atoms with Crippen molar-refractivity contribution in [3.8, 4) is 0 Å². The Hall–Kier alpha value is -3.33. The van der Waals surface area contributed by atoms with E-state index in [0.29, 0.717) is 11.3 Å². The largest absolute Gasteiger partial charge is 0.350 e. The number of hydrogen-bond donors (Lipinski definition) is 3. The molecule has 2 aromatic carbocycles. The second kappa shape index (κ2) is 9.56. The molecule has 1 unspecified atom stereocenters. The van der Waals surface area contributed by atoms with Crippen LogP contribution in [0.15, 0.2) is 48.5 Å². The lowest BCUT2D eigenvalue weighted by Crippen LogP contribution is -2.34. The highest BCUT2D eigenvalue weighted by atomic mass is 32.1. The molecule has 0 heterocycles. The minimum Gasteiger partial charge on any atom is -0.350 e. The van der Waals surface area contributed by atoms with Gasteiger partial charge in [0.25, 0.3) is 17.5 Å². The van der Waals surface area contributed by atoms with Crippen molar-refractivity contribution in [1.29, 1.82) is 0 Å². The van der Waals surface area contributed by atoms with Gasteiger partial charge in [-0.25, -0.2) is 0 Å². The van der Waals surface area contributed by atoms with E-state index in [9.17, 15) is 19.7 Å². The first-order chi connectivity index (χ1) is 13.3. The van der Waals surface area contributed by atoms with Crippen molar-refractivity contribution in [3.63, 3.8) is 0 Å². The van der Waals surface area contributed by atoms with E-state index >= 15 is 0 Å². The maximum absolute atomic E-state index is 12.3. The second-order valence-electron chi connectivity index (χ2n) is 6.05. The summed E-state index contributed by atoms with van der Waals surface area (Å²) in [5, 5.41) is 19.1. The van der Waals surface area contributed by atoms with Gasteiger partial charge in [0, 0.05) is 23.4 Å². The van der Waals surface area contributed by atoms with Crippen molar-refractivity contribution >= 4 is 40.5 Å². The Morgan fingerprint density at radius 1 is 1.14 bits per heavy atom. The number of anilines is 1. The first-order valence-corrected chi connectivity index (χ1v) is 8.99. The number of thiocarbonyl (C=S) groups is 1. The van der Waals surface area contributed by atoms with Crippen molar-refractivity contribution in [2.24, 2.45) is 0 Å². The zero-order valence-corrected chi connectivity index (χ0v) is 16.2. The van der Waals surface area contributed by atoms with Gasteiger partial charge in [0.2, 0.25) is 0 Å². The summed E-state index contributed by atoms with van der Waals surface area (Å²) in [5.74, 6) is -0.914. The van der Waals surface area contributed by atoms with Crippen molar-refractivity contribution in [2.75, 3.05) is 5.32 Å². The third-order valence-electron chi connectivity index (χ3n) is 3.94. The number of nitro benzene ring substituents is 1. The minimum atomic E-state index is -0.699. The van der Waals surface area contributed by atoms with E-state index in [0.717, 1.165) is 6.42 Å². The van der Waals surface area contributed by atoms with Crippen LogP contribution >= 0.6 is 12.2 Å². The minimum absolute atomic E-state index is 0.0392. The predicted octanol–water partition coefficient (Wildman–Crippen LogP) is 3.25. The van der Waals surface area contributed by atoms with E-state index in [1.165, 1.54) is 24.3 Å². The van der Waals surface area contributed by atoms with E-state index in [1.807, 2.05) is 13.8 Å².